The van der Waals surface area contributed by atoms with Crippen molar-refractivity contribution < 1.29 is 15.1 Å². The van der Waals surface area contributed by atoms with Gasteiger partial charge in [-0.15, -0.1) is 0 Å². The summed E-state index contributed by atoms with van der Waals surface area (Å²) in [5.74, 6) is 2.80. The fourth-order valence-electron chi connectivity index (χ4n) is 1.72. The number of unbranched alkanes of at least 4 members (excludes halogenated alkanes) is 8. The van der Waals surface area contributed by atoms with E-state index in [2.05, 4.69) is 50.8 Å². The molecule has 0 atom stereocenters. The molecule has 17 heavy (non-hydrogen) atoms. The van der Waals surface area contributed by atoms with Gasteiger partial charge < -0.3 is 0 Å². The van der Waals surface area contributed by atoms with Crippen molar-refractivity contribution in [3.63, 3.8) is 0 Å². The van der Waals surface area contributed by atoms with E-state index in [-0.39, 0.29) is 0 Å². The van der Waals surface area contributed by atoms with E-state index < -0.39 is 0 Å². The molecule has 110 valence electrons. The Morgan fingerprint density at radius 2 is 1.00 bits per heavy atom. The van der Waals surface area contributed by atoms with Gasteiger partial charge in [0.2, 0.25) is 0 Å². The maximum absolute atomic E-state index is 4.20. The number of halogens is 1. The van der Waals surface area contributed by atoms with E-state index >= 15 is 0 Å². The molecule has 0 radical (unpaired) electrons. The first-order chi connectivity index (χ1) is 8.41. The van der Waals surface area contributed by atoms with Gasteiger partial charge in [0.15, 0.2) is 0 Å². The summed E-state index contributed by atoms with van der Waals surface area (Å²) in [5, 5.41) is 0. The van der Waals surface area contributed by atoms with Gasteiger partial charge in [-0.05, 0) is 24.3 Å². The number of thioether (sulfide) groups is 1. The third-order valence-corrected chi connectivity index (χ3v) is 3.94. The predicted molar refractivity (Wildman–Crippen MR) is 80.7 cm³/mol. The molecule has 0 amide bonds. The van der Waals surface area contributed by atoms with Crippen molar-refractivity contribution in [3.05, 3.63) is 0 Å². The molecule has 0 aliphatic carbocycles. The van der Waals surface area contributed by atoms with Crippen LogP contribution < -0.4 is 0 Å². The van der Waals surface area contributed by atoms with Crippen LogP contribution >= 0.6 is 21.9 Å². The van der Waals surface area contributed by atoms with Crippen molar-refractivity contribution in [1.29, 1.82) is 0 Å². The quantitative estimate of drug-likeness (QED) is 0.297. The molecule has 0 unspecified atom stereocenters. The van der Waals surface area contributed by atoms with Gasteiger partial charge in [0, 0.05) is 0 Å². The number of rotatable bonds is 12. The Bertz CT molecular complexity index is 100. The van der Waals surface area contributed by atoms with E-state index in [0.717, 1.165) is 0 Å². The van der Waals surface area contributed by atoms with E-state index in [1.54, 1.807) is 0 Å². The second-order valence-corrected chi connectivity index (χ2v) is 5.67. The molecule has 0 rings (SSSR count). The van der Waals surface area contributed by atoms with Gasteiger partial charge in [-0.1, -0.05) is 65.2 Å². The van der Waals surface area contributed by atoms with E-state index in [9.17, 15) is 0 Å². The third kappa shape index (κ3) is 22.8. The molecule has 0 heterocycles. The van der Waals surface area contributed by atoms with Crippen LogP contribution in [-0.2, 0) is 15.1 Å². The zero-order valence-electron chi connectivity index (χ0n) is 11.6. The monoisotopic (exact) mass is 328 g/mol. The van der Waals surface area contributed by atoms with Crippen LogP contribution in [-0.4, -0.2) is 11.5 Å². The van der Waals surface area contributed by atoms with Crippen LogP contribution in [0.1, 0.15) is 78.1 Å². The molecule has 0 spiro atoms. The SMILES string of the molecule is CCCCCCCSCCCCCCC.[Cl][Cu]. The molecule has 0 aromatic heterocycles. The molecule has 0 aromatic rings. The number of hydrogen-bond donors (Lipinski definition) is 0. The zero-order chi connectivity index (χ0) is 13.2. The summed E-state index contributed by atoms with van der Waals surface area (Å²) in [6, 6.07) is 0. The molecular weight excluding hydrogens is 299 g/mol. The van der Waals surface area contributed by atoms with Gasteiger partial charge in [-0.2, -0.15) is 11.8 Å². The van der Waals surface area contributed by atoms with Gasteiger partial charge in [-0.25, -0.2) is 0 Å². The Morgan fingerprint density at radius 1 is 0.647 bits per heavy atom. The van der Waals surface area contributed by atoms with Crippen LogP contribution in [0.15, 0.2) is 0 Å². The normalized spacial score (nSPS) is 9.94. The molecule has 0 N–H and O–H groups in total. The fraction of sp³-hybridized carbons (Fsp3) is 1.00. The molecule has 0 saturated carbocycles. The Morgan fingerprint density at radius 3 is 1.35 bits per heavy atom. The summed E-state index contributed by atoms with van der Waals surface area (Å²) in [6.45, 7) is 4.57. The van der Waals surface area contributed by atoms with Crippen LogP contribution in [0, 0.1) is 0 Å². The van der Waals surface area contributed by atoms with Crippen molar-refractivity contribution in [2.75, 3.05) is 11.5 Å². The second kappa shape index (κ2) is 22.3. The van der Waals surface area contributed by atoms with Crippen molar-refractivity contribution in [2.45, 2.75) is 78.1 Å². The first-order valence-corrected chi connectivity index (χ1v) is 9.56. The fourth-order valence-corrected chi connectivity index (χ4v) is 2.74. The maximum atomic E-state index is 4.20. The number of hydrogen-bond acceptors (Lipinski definition) is 1. The summed E-state index contributed by atoms with van der Waals surface area (Å²) >= 11 is 5.83. The van der Waals surface area contributed by atoms with Crippen molar-refractivity contribution >= 4 is 21.9 Å². The topological polar surface area (TPSA) is 0 Å². The average Bonchev–Trinajstić information content (AvgIpc) is 2.38. The van der Waals surface area contributed by atoms with Crippen LogP contribution in [0.4, 0.5) is 0 Å². The van der Waals surface area contributed by atoms with E-state index in [1.807, 2.05) is 0 Å². The van der Waals surface area contributed by atoms with Crippen molar-refractivity contribution in [1.82, 2.24) is 0 Å². The Hall–Kier alpha value is 1.16. The summed E-state index contributed by atoms with van der Waals surface area (Å²) in [4.78, 5) is 0. The molecular formula is C14H30ClCuS. The van der Waals surface area contributed by atoms with Gasteiger partial charge in [-0.3, -0.25) is 0 Å². The molecule has 3 heteroatoms. The van der Waals surface area contributed by atoms with Gasteiger partial charge in [0.1, 0.15) is 0 Å². The summed E-state index contributed by atoms with van der Waals surface area (Å²) in [6.07, 6.45) is 14.3. The van der Waals surface area contributed by atoms with Crippen molar-refractivity contribution in [3.8, 4) is 0 Å². The molecule has 0 aromatic carbocycles. The molecule has 0 saturated heterocycles. The van der Waals surface area contributed by atoms with Gasteiger partial charge in [0.25, 0.3) is 0 Å². The standard InChI is InChI=1S/C14H30S.ClH.Cu/c1-3-5-7-9-11-13-15-14-12-10-8-6-4-2;;/h3-14H2,1-2H3;1H;/q;;+1/p-1. The average molecular weight is 329 g/mol. The predicted octanol–water partition coefficient (Wildman–Crippen LogP) is 6.35. The second-order valence-electron chi connectivity index (χ2n) is 4.44. The van der Waals surface area contributed by atoms with Gasteiger partial charge in [0.05, 0.1) is 0 Å². The first kappa shape index (κ1) is 20.5. The summed E-state index contributed by atoms with van der Waals surface area (Å²) < 4.78 is 0. The van der Waals surface area contributed by atoms with Crippen LogP contribution in [0.3, 0.4) is 0 Å². The van der Waals surface area contributed by atoms with Crippen LogP contribution in [0.25, 0.3) is 0 Å². The molecule has 0 aliphatic heterocycles. The minimum atomic E-state index is 1.37. The van der Waals surface area contributed by atoms with E-state index in [1.165, 1.54) is 75.7 Å². The molecule has 0 nitrogen and oxygen atoms in total. The van der Waals surface area contributed by atoms with Crippen molar-refractivity contribution in [2.24, 2.45) is 0 Å². The van der Waals surface area contributed by atoms with E-state index in [4.69, 9.17) is 0 Å². The Kier molecular flexibility index (Phi) is 26.9. The van der Waals surface area contributed by atoms with Crippen LogP contribution in [0.2, 0.25) is 0 Å². The molecule has 0 fully saturated rings. The van der Waals surface area contributed by atoms with E-state index in [0.29, 0.717) is 0 Å². The minimum absolute atomic E-state index is 1.37. The molecule has 0 bridgehead atoms. The Balaban J connectivity index is 0. The first-order valence-electron chi connectivity index (χ1n) is 7.11. The third-order valence-electron chi connectivity index (χ3n) is 2.78. The molecule has 0 aliphatic rings. The summed E-state index contributed by atoms with van der Waals surface area (Å²) in [7, 11) is 4.20. The zero-order valence-corrected chi connectivity index (χ0v) is 14.1. The van der Waals surface area contributed by atoms with Gasteiger partial charge >= 0.3 is 25.2 Å². The Labute approximate surface area is 126 Å². The van der Waals surface area contributed by atoms with Crippen LogP contribution in [0.5, 0.6) is 0 Å². The summed E-state index contributed by atoms with van der Waals surface area (Å²) in [5.41, 5.74) is 0.